The normalized spacial score (nSPS) is 21.1. The standard InChI is InChI=1S/C24H27N7O6/c1-4-30-7-8-31-16-6-5-14(25-11-15-18(32)28(2)23(37)29(3)19(15)33)9-13(16)10-24(17(31)12-30)20(34)26-22(36)27-21(24)35/h5-6,9,11,17,32H,4,7-8,10,12H2,1-3H3,(H2,26,27,34,35,36). The number of carbonyl (C=O) groups is 3. The molecule has 1 spiro atoms. The first-order valence-corrected chi connectivity index (χ1v) is 11.9. The van der Waals surface area contributed by atoms with E-state index in [0.717, 1.165) is 27.9 Å². The summed E-state index contributed by atoms with van der Waals surface area (Å²) in [5, 5.41) is 14.9. The summed E-state index contributed by atoms with van der Waals surface area (Å²) in [6.07, 6.45) is 1.24. The van der Waals surface area contributed by atoms with E-state index >= 15 is 0 Å². The lowest BCUT2D eigenvalue weighted by Gasteiger charge is -2.54. The molecule has 13 heteroatoms. The van der Waals surface area contributed by atoms with Crippen LogP contribution in [-0.4, -0.2) is 75.4 Å². The van der Waals surface area contributed by atoms with Crippen LogP contribution in [0.5, 0.6) is 5.88 Å². The number of benzene rings is 1. The molecule has 3 N–H and O–H groups in total. The van der Waals surface area contributed by atoms with Crippen LogP contribution in [0.25, 0.3) is 0 Å². The summed E-state index contributed by atoms with van der Waals surface area (Å²) in [5.41, 5.74) is -1.06. The lowest BCUT2D eigenvalue weighted by atomic mass is 9.68. The first kappa shape index (κ1) is 24.4. The average molecular weight is 510 g/mol. The number of likely N-dealkylation sites (N-methyl/N-ethyl adjacent to an activating group) is 1. The number of amides is 4. The largest absolute Gasteiger partial charge is 0.494 e. The number of nitrogens with zero attached hydrogens (tertiary/aromatic N) is 5. The highest BCUT2D eigenvalue weighted by molar-refractivity contribution is 6.20. The molecule has 13 nitrogen and oxygen atoms in total. The zero-order chi connectivity index (χ0) is 26.6. The van der Waals surface area contributed by atoms with Crippen molar-refractivity contribution in [1.82, 2.24) is 24.7 Å². The Hall–Kier alpha value is -4.26. The van der Waals surface area contributed by atoms with E-state index in [4.69, 9.17) is 0 Å². The van der Waals surface area contributed by atoms with Crippen LogP contribution in [0.4, 0.5) is 16.2 Å². The Kier molecular flexibility index (Phi) is 5.74. The molecule has 194 valence electrons. The smallest absolute Gasteiger partial charge is 0.333 e. The second kappa shape index (κ2) is 8.69. The fourth-order valence-corrected chi connectivity index (χ4v) is 5.47. The molecule has 1 aromatic heterocycles. The van der Waals surface area contributed by atoms with Crippen LogP contribution in [-0.2, 0) is 30.1 Å². The number of aromatic nitrogens is 2. The number of rotatable bonds is 3. The summed E-state index contributed by atoms with van der Waals surface area (Å²) < 4.78 is 1.81. The van der Waals surface area contributed by atoms with E-state index < -0.39 is 46.4 Å². The lowest BCUT2D eigenvalue weighted by Crippen LogP contribution is -2.74. The highest BCUT2D eigenvalue weighted by atomic mass is 16.3. The molecule has 4 amide bonds. The van der Waals surface area contributed by atoms with Gasteiger partial charge in [-0.05, 0) is 36.7 Å². The predicted octanol–water partition coefficient (Wildman–Crippen LogP) is -1.04. The van der Waals surface area contributed by atoms with Crippen molar-refractivity contribution >= 4 is 35.4 Å². The van der Waals surface area contributed by atoms with Gasteiger partial charge < -0.3 is 10.0 Å². The maximum absolute atomic E-state index is 13.3. The van der Waals surface area contributed by atoms with Gasteiger partial charge in [0.05, 0.1) is 11.7 Å². The third kappa shape index (κ3) is 3.65. The SMILES string of the molecule is CCN1CCN2c3ccc(N=Cc4c(O)n(C)c(=O)n(C)c4=O)cc3CC3(C(=O)NC(=O)NC3=O)C2C1. The molecule has 4 heterocycles. The molecule has 2 aromatic rings. The van der Waals surface area contributed by atoms with Crippen LogP contribution in [0.1, 0.15) is 18.1 Å². The number of barbiturate groups is 1. The second-order valence-electron chi connectivity index (χ2n) is 9.50. The Labute approximate surface area is 211 Å². The number of fused-ring (bicyclic) bond motifs is 4. The first-order valence-electron chi connectivity index (χ1n) is 11.9. The van der Waals surface area contributed by atoms with Gasteiger partial charge in [0.1, 0.15) is 5.56 Å². The minimum absolute atomic E-state index is 0.0578. The second-order valence-corrected chi connectivity index (χ2v) is 9.50. The van der Waals surface area contributed by atoms with Crippen molar-refractivity contribution in [3.05, 3.63) is 50.2 Å². The first-order chi connectivity index (χ1) is 17.6. The van der Waals surface area contributed by atoms with E-state index in [-0.39, 0.29) is 12.0 Å². The van der Waals surface area contributed by atoms with Gasteiger partial charge in [-0.15, -0.1) is 0 Å². The van der Waals surface area contributed by atoms with Gasteiger partial charge in [-0.25, -0.2) is 9.59 Å². The minimum Gasteiger partial charge on any atom is -0.494 e. The average Bonchev–Trinajstić information content (AvgIpc) is 2.88. The van der Waals surface area contributed by atoms with E-state index in [1.165, 1.54) is 20.3 Å². The summed E-state index contributed by atoms with van der Waals surface area (Å²) in [6.45, 7) is 4.61. The Bertz CT molecular complexity index is 1470. The lowest BCUT2D eigenvalue weighted by molar-refractivity contribution is -0.147. The summed E-state index contributed by atoms with van der Waals surface area (Å²) in [4.78, 5) is 71.4. The van der Waals surface area contributed by atoms with Gasteiger partial charge in [0.15, 0.2) is 5.41 Å². The molecule has 0 bridgehead atoms. The van der Waals surface area contributed by atoms with Crippen molar-refractivity contribution in [1.29, 1.82) is 0 Å². The molecule has 37 heavy (non-hydrogen) atoms. The number of aliphatic imine (C=N–C) groups is 1. The number of aromatic hydroxyl groups is 1. The number of urea groups is 1. The highest BCUT2D eigenvalue weighted by Crippen LogP contribution is 2.45. The van der Waals surface area contributed by atoms with Crippen LogP contribution >= 0.6 is 0 Å². The Morgan fingerprint density at radius 1 is 1.08 bits per heavy atom. The van der Waals surface area contributed by atoms with Gasteiger partial charge in [-0.3, -0.25) is 44.0 Å². The Balaban J connectivity index is 1.58. The van der Waals surface area contributed by atoms with Crippen LogP contribution in [0.2, 0.25) is 0 Å². The number of imide groups is 2. The van der Waals surface area contributed by atoms with E-state index in [1.807, 2.05) is 17.9 Å². The quantitative estimate of drug-likeness (QED) is 0.350. The molecule has 2 saturated heterocycles. The van der Waals surface area contributed by atoms with Gasteiger partial charge in [0, 0.05) is 45.6 Å². The topological polar surface area (TPSA) is 158 Å². The maximum Gasteiger partial charge on any atom is 0.333 e. The van der Waals surface area contributed by atoms with E-state index in [2.05, 4.69) is 20.5 Å². The van der Waals surface area contributed by atoms with Crippen LogP contribution in [0.3, 0.4) is 0 Å². The molecule has 5 rings (SSSR count). The molecular weight excluding hydrogens is 482 g/mol. The predicted molar refractivity (Wildman–Crippen MR) is 133 cm³/mol. The third-order valence-corrected chi connectivity index (χ3v) is 7.60. The molecule has 0 radical (unpaired) electrons. The van der Waals surface area contributed by atoms with Gasteiger partial charge in [0.2, 0.25) is 17.7 Å². The zero-order valence-corrected chi connectivity index (χ0v) is 20.6. The van der Waals surface area contributed by atoms with E-state index in [9.17, 15) is 29.1 Å². The maximum atomic E-state index is 13.3. The van der Waals surface area contributed by atoms with Gasteiger partial charge >= 0.3 is 11.7 Å². The number of carbonyl (C=O) groups excluding carboxylic acids is 3. The van der Waals surface area contributed by atoms with Crippen molar-refractivity contribution in [3.8, 4) is 5.88 Å². The van der Waals surface area contributed by atoms with Gasteiger partial charge in [-0.2, -0.15) is 0 Å². The zero-order valence-electron chi connectivity index (χ0n) is 20.6. The number of hydrogen-bond acceptors (Lipinski definition) is 9. The van der Waals surface area contributed by atoms with Crippen LogP contribution in [0, 0.1) is 5.41 Å². The number of hydrogen-bond donors (Lipinski definition) is 3. The molecule has 0 saturated carbocycles. The Morgan fingerprint density at radius 2 is 1.78 bits per heavy atom. The van der Waals surface area contributed by atoms with E-state index in [0.29, 0.717) is 24.3 Å². The molecule has 3 aliphatic heterocycles. The summed E-state index contributed by atoms with van der Waals surface area (Å²) in [7, 11) is 2.64. The number of anilines is 1. The molecule has 2 fully saturated rings. The van der Waals surface area contributed by atoms with Gasteiger partial charge in [0.25, 0.3) is 5.56 Å². The third-order valence-electron chi connectivity index (χ3n) is 7.60. The van der Waals surface area contributed by atoms with Crippen molar-refractivity contribution in [2.45, 2.75) is 19.4 Å². The summed E-state index contributed by atoms with van der Waals surface area (Å²) in [6, 6.07) is 4.01. The summed E-state index contributed by atoms with van der Waals surface area (Å²) in [5.74, 6) is -1.77. The van der Waals surface area contributed by atoms with Crippen molar-refractivity contribution < 1.29 is 19.5 Å². The number of piperazine rings is 1. The van der Waals surface area contributed by atoms with Crippen molar-refractivity contribution in [3.63, 3.8) is 0 Å². The number of nitrogens with one attached hydrogen (secondary N) is 2. The van der Waals surface area contributed by atoms with Gasteiger partial charge in [-0.1, -0.05) is 6.92 Å². The summed E-state index contributed by atoms with van der Waals surface area (Å²) >= 11 is 0. The van der Waals surface area contributed by atoms with Crippen LogP contribution in [0.15, 0.2) is 32.8 Å². The molecule has 3 aliphatic rings. The van der Waals surface area contributed by atoms with Crippen molar-refractivity contribution in [2.75, 3.05) is 31.1 Å². The Morgan fingerprint density at radius 3 is 2.46 bits per heavy atom. The van der Waals surface area contributed by atoms with Crippen molar-refractivity contribution in [2.24, 2.45) is 24.5 Å². The van der Waals surface area contributed by atoms with Crippen LogP contribution < -0.4 is 26.8 Å². The molecular formula is C24H27N7O6. The highest BCUT2D eigenvalue weighted by Gasteiger charge is 2.60. The monoisotopic (exact) mass is 509 g/mol. The fourth-order valence-electron chi connectivity index (χ4n) is 5.47. The fraction of sp³-hybridized carbons (Fsp3) is 0.417. The molecule has 0 aliphatic carbocycles. The minimum atomic E-state index is -1.51. The van der Waals surface area contributed by atoms with E-state index in [1.54, 1.807) is 12.1 Å². The molecule has 1 unspecified atom stereocenters. The molecule has 1 aromatic carbocycles. The molecule has 1 atom stereocenters.